The number of aromatic nitrogens is 1. The van der Waals surface area contributed by atoms with Crippen molar-refractivity contribution in [1.29, 1.82) is 0 Å². The molecule has 1 amide bonds. The monoisotopic (exact) mass is 283 g/mol. The van der Waals surface area contributed by atoms with E-state index in [-0.39, 0.29) is 5.91 Å². The zero-order valence-corrected chi connectivity index (χ0v) is 11.6. The van der Waals surface area contributed by atoms with E-state index in [1.807, 2.05) is 6.07 Å². The lowest BCUT2D eigenvalue weighted by Crippen LogP contribution is -2.45. The van der Waals surface area contributed by atoms with Crippen LogP contribution in [0.15, 0.2) is 24.5 Å². The Morgan fingerprint density at radius 1 is 1.58 bits per heavy atom. The minimum Gasteiger partial charge on any atom is -0.351 e. The number of sulfonamides is 1. The molecular weight excluding hydrogens is 266 g/mol. The van der Waals surface area contributed by atoms with Crippen molar-refractivity contribution in [2.75, 3.05) is 12.8 Å². The molecule has 0 bridgehead atoms. The van der Waals surface area contributed by atoms with Gasteiger partial charge in [0.15, 0.2) is 0 Å². The van der Waals surface area contributed by atoms with E-state index >= 15 is 0 Å². The lowest BCUT2D eigenvalue weighted by atomic mass is 10.2. The predicted octanol–water partition coefficient (Wildman–Crippen LogP) is 0.122. The Kier molecular flexibility index (Phi) is 4.16. The van der Waals surface area contributed by atoms with Gasteiger partial charge >= 0.3 is 0 Å². The lowest BCUT2D eigenvalue weighted by Gasteiger charge is -2.21. The number of carbonyl (C=O) groups is 1. The second kappa shape index (κ2) is 5.66. The van der Waals surface area contributed by atoms with Crippen molar-refractivity contribution in [1.82, 2.24) is 14.6 Å². The summed E-state index contributed by atoms with van der Waals surface area (Å²) in [7, 11) is -3.32. The highest BCUT2D eigenvalue weighted by atomic mass is 32.2. The lowest BCUT2D eigenvalue weighted by molar-refractivity contribution is -0.124. The zero-order chi connectivity index (χ0) is 13.9. The minimum absolute atomic E-state index is 0.244. The average Bonchev–Trinajstić information content (AvgIpc) is 2.86. The molecular formula is C12H17N3O3S. The van der Waals surface area contributed by atoms with Crippen LogP contribution in [-0.2, 0) is 21.4 Å². The van der Waals surface area contributed by atoms with Gasteiger partial charge < -0.3 is 5.32 Å². The second-order valence-corrected chi connectivity index (χ2v) is 6.55. The minimum atomic E-state index is -3.32. The molecule has 2 rings (SSSR count). The fraction of sp³-hybridized carbons (Fsp3) is 0.500. The topological polar surface area (TPSA) is 79.4 Å². The van der Waals surface area contributed by atoms with Gasteiger partial charge in [-0.15, -0.1) is 0 Å². The zero-order valence-electron chi connectivity index (χ0n) is 10.7. The Hall–Kier alpha value is -1.47. The molecule has 7 heteroatoms. The maximum Gasteiger partial charge on any atom is 0.238 e. The van der Waals surface area contributed by atoms with E-state index in [9.17, 15) is 13.2 Å². The van der Waals surface area contributed by atoms with Crippen LogP contribution in [0.2, 0.25) is 0 Å². The first-order chi connectivity index (χ1) is 8.98. The largest absolute Gasteiger partial charge is 0.351 e. The molecule has 1 N–H and O–H groups in total. The van der Waals surface area contributed by atoms with Gasteiger partial charge in [-0.3, -0.25) is 9.78 Å². The predicted molar refractivity (Wildman–Crippen MR) is 70.7 cm³/mol. The molecule has 1 aromatic rings. The fourth-order valence-electron chi connectivity index (χ4n) is 2.21. The summed E-state index contributed by atoms with van der Waals surface area (Å²) >= 11 is 0. The van der Waals surface area contributed by atoms with Gasteiger partial charge in [-0.1, -0.05) is 6.07 Å². The van der Waals surface area contributed by atoms with Crippen molar-refractivity contribution in [3.8, 4) is 0 Å². The summed E-state index contributed by atoms with van der Waals surface area (Å²) in [5, 5.41) is 2.76. The van der Waals surface area contributed by atoms with Crippen LogP contribution >= 0.6 is 0 Å². The molecule has 1 fully saturated rings. The average molecular weight is 283 g/mol. The quantitative estimate of drug-likeness (QED) is 0.851. The van der Waals surface area contributed by atoms with Crippen molar-refractivity contribution in [2.24, 2.45) is 0 Å². The molecule has 1 aliphatic heterocycles. The smallest absolute Gasteiger partial charge is 0.238 e. The third-order valence-electron chi connectivity index (χ3n) is 3.12. The Balaban J connectivity index is 1.96. The first-order valence-electron chi connectivity index (χ1n) is 6.12. The molecule has 6 nitrogen and oxygen atoms in total. The van der Waals surface area contributed by atoms with E-state index in [2.05, 4.69) is 10.3 Å². The van der Waals surface area contributed by atoms with Crippen molar-refractivity contribution in [2.45, 2.75) is 25.4 Å². The van der Waals surface area contributed by atoms with Crippen LogP contribution in [0.3, 0.4) is 0 Å². The normalized spacial score (nSPS) is 20.4. The maximum absolute atomic E-state index is 12.0. The molecule has 0 saturated carbocycles. The molecule has 104 valence electrons. The van der Waals surface area contributed by atoms with E-state index in [1.54, 1.807) is 18.5 Å². The van der Waals surface area contributed by atoms with Gasteiger partial charge in [0, 0.05) is 25.5 Å². The van der Waals surface area contributed by atoms with Crippen molar-refractivity contribution in [3.05, 3.63) is 30.1 Å². The van der Waals surface area contributed by atoms with E-state index < -0.39 is 16.1 Å². The summed E-state index contributed by atoms with van der Waals surface area (Å²) in [6.07, 6.45) is 5.76. The Morgan fingerprint density at radius 2 is 2.37 bits per heavy atom. The van der Waals surface area contributed by atoms with Gasteiger partial charge in [-0.2, -0.15) is 4.31 Å². The molecule has 0 spiro atoms. The van der Waals surface area contributed by atoms with E-state index in [0.29, 0.717) is 19.5 Å². The summed E-state index contributed by atoms with van der Waals surface area (Å²) in [6.45, 7) is 0.782. The number of hydrogen-bond donors (Lipinski definition) is 1. The molecule has 0 aromatic carbocycles. The SMILES string of the molecule is CS(=O)(=O)N1CCC[C@@H]1C(=O)NCc1cccnc1. The fourth-order valence-corrected chi connectivity index (χ4v) is 3.33. The summed E-state index contributed by atoms with van der Waals surface area (Å²) in [6, 6.07) is 3.07. The summed E-state index contributed by atoms with van der Waals surface area (Å²) in [5.74, 6) is -0.244. The number of nitrogens with one attached hydrogen (secondary N) is 1. The van der Waals surface area contributed by atoms with E-state index in [1.165, 1.54) is 4.31 Å². The standard InChI is InChI=1S/C12H17N3O3S/c1-19(17,18)15-7-3-5-11(15)12(16)14-9-10-4-2-6-13-8-10/h2,4,6,8,11H,3,5,7,9H2,1H3,(H,14,16)/t11-/m1/s1. The number of hydrogen-bond acceptors (Lipinski definition) is 4. The molecule has 1 aliphatic rings. The molecule has 2 heterocycles. The highest BCUT2D eigenvalue weighted by molar-refractivity contribution is 7.88. The second-order valence-electron chi connectivity index (χ2n) is 4.61. The van der Waals surface area contributed by atoms with Gasteiger partial charge in [0.25, 0.3) is 0 Å². The van der Waals surface area contributed by atoms with E-state index in [4.69, 9.17) is 0 Å². The Morgan fingerprint density at radius 3 is 3.00 bits per heavy atom. The number of amides is 1. The van der Waals surface area contributed by atoms with Crippen LogP contribution in [0.4, 0.5) is 0 Å². The first-order valence-corrected chi connectivity index (χ1v) is 7.97. The third kappa shape index (κ3) is 3.51. The first kappa shape index (κ1) is 14.0. The number of pyridine rings is 1. The van der Waals surface area contributed by atoms with Crippen molar-refractivity contribution in [3.63, 3.8) is 0 Å². The van der Waals surface area contributed by atoms with Crippen LogP contribution in [0.1, 0.15) is 18.4 Å². The third-order valence-corrected chi connectivity index (χ3v) is 4.41. The van der Waals surface area contributed by atoms with Gasteiger partial charge in [0.2, 0.25) is 15.9 Å². The molecule has 0 radical (unpaired) electrons. The van der Waals surface area contributed by atoms with Crippen LogP contribution in [-0.4, -0.2) is 42.5 Å². The molecule has 1 atom stereocenters. The van der Waals surface area contributed by atoms with Gasteiger partial charge in [-0.25, -0.2) is 8.42 Å². The molecule has 0 unspecified atom stereocenters. The summed E-state index contributed by atoms with van der Waals surface area (Å²) < 4.78 is 24.4. The van der Waals surface area contributed by atoms with Crippen LogP contribution in [0.25, 0.3) is 0 Å². The summed E-state index contributed by atoms with van der Waals surface area (Å²) in [5.41, 5.74) is 0.889. The highest BCUT2D eigenvalue weighted by Crippen LogP contribution is 2.20. The maximum atomic E-state index is 12.0. The van der Waals surface area contributed by atoms with Gasteiger partial charge in [-0.05, 0) is 24.5 Å². The van der Waals surface area contributed by atoms with Crippen LogP contribution in [0, 0.1) is 0 Å². The van der Waals surface area contributed by atoms with Crippen LogP contribution < -0.4 is 5.32 Å². The van der Waals surface area contributed by atoms with Crippen molar-refractivity contribution >= 4 is 15.9 Å². The molecule has 1 aromatic heterocycles. The Bertz CT molecular complexity index is 545. The Labute approximate surface area is 112 Å². The summed E-state index contributed by atoms with van der Waals surface area (Å²) in [4.78, 5) is 16.0. The molecule has 0 aliphatic carbocycles. The number of nitrogens with zero attached hydrogens (tertiary/aromatic N) is 2. The molecule has 19 heavy (non-hydrogen) atoms. The van der Waals surface area contributed by atoms with Crippen molar-refractivity contribution < 1.29 is 13.2 Å². The highest BCUT2D eigenvalue weighted by Gasteiger charge is 2.36. The van der Waals surface area contributed by atoms with Gasteiger partial charge in [0.05, 0.1) is 6.26 Å². The van der Waals surface area contributed by atoms with Crippen LogP contribution in [0.5, 0.6) is 0 Å². The molecule has 1 saturated heterocycles. The van der Waals surface area contributed by atoms with E-state index in [0.717, 1.165) is 18.2 Å². The number of carbonyl (C=O) groups excluding carboxylic acids is 1. The van der Waals surface area contributed by atoms with Gasteiger partial charge in [0.1, 0.15) is 6.04 Å². The number of rotatable bonds is 4.